The van der Waals surface area contributed by atoms with Crippen LogP contribution in [0.2, 0.25) is 0 Å². The van der Waals surface area contributed by atoms with Gasteiger partial charge in [-0.2, -0.15) is 6.42 Å². The van der Waals surface area contributed by atoms with Crippen LogP contribution < -0.4 is 15.4 Å². The summed E-state index contributed by atoms with van der Waals surface area (Å²) in [6, 6.07) is 4.80. The quantitative estimate of drug-likeness (QED) is 0.467. The number of nitrogens with one attached hydrogen (secondary N) is 1. The van der Waals surface area contributed by atoms with Crippen molar-refractivity contribution in [2.24, 2.45) is 10.8 Å². The summed E-state index contributed by atoms with van der Waals surface area (Å²) in [5, 5.41) is 4.70. The van der Waals surface area contributed by atoms with E-state index in [0.717, 1.165) is 30.4 Å². The number of piperidine rings is 1. The molecule has 2 aliphatic heterocycles. The zero-order valence-electron chi connectivity index (χ0n) is 13.8. The maximum absolute atomic E-state index is 11.7. The van der Waals surface area contributed by atoms with E-state index in [4.69, 9.17) is 4.74 Å². The standard InChI is InChI=1S/C19H21NO2P.W/c1-17-4-6-18(7-5-17)13-10-11-2-3-12(23-21)15-14(11)19(18,8-9-20-13)16(17)22-15;/h2-4,13,16,20H,5-10H2,1H3;/q-1;/t13-,16+,17-,18+,19+;/m1./s1. The minimum absolute atomic E-state index is 0. The van der Waals surface area contributed by atoms with Crippen molar-refractivity contribution in [2.75, 3.05) is 6.54 Å². The van der Waals surface area contributed by atoms with Crippen LogP contribution in [-0.4, -0.2) is 18.7 Å². The van der Waals surface area contributed by atoms with Gasteiger partial charge in [0.25, 0.3) is 0 Å². The van der Waals surface area contributed by atoms with Crippen molar-refractivity contribution >= 4 is 13.8 Å². The van der Waals surface area contributed by atoms with Gasteiger partial charge in [-0.3, -0.25) is 4.57 Å². The van der Waals surface area contributed by atoms with E-state index < -0.39 is 0 Å². The van der Waals surface area contributed by atoms with E-state index in [9.17, 15) is 4.57 Å². The molecular formula is C19H21NO2PW-. The van der Waals surface area contributed by atoms with Gasteiger partial charge in [0.05, 0.1) is 11.4 Å². The average Bonchev–Trinajstić information content (AvgIpc) is 2.92. The predicted molar refractivity (Wildman–Crippen MR) is 88.6 cm³/mol. The van der Waals surface area contributed by atoms with Gasteiger partial charge in [-0.1, -0.05) is 19.4 Å². The molecule has 5 heteroatoms. The van der Waals surface area contributed by atoms with Crippen LogP contribution in [0.3, 0.4) is 0 Å². The molecule has 2 spiro atoms. The molecule has 6 aliphatic rings. The Morgan fingerprint density at radius 3 is 2.96 bits per heavy atom. The number of hydrogen-bond acceptors (Lipinski definition) is 3. The minimum atomic E-state index is 0. The molecule has 5 atom stereocenters. The van der Waals surface area contributed by atoms with Crippen LogP contribution in [-0.2, 0) is 37.5 Å². The van der Waals surface area contributed by atoms with Gasteiger partial charge in [0, 0.05) is 38.1 Å². The maximum Gasteiger partial charge on any atom is 0.196 e. The largest absolute Gasteiger partial charge is 0.490 e. The summed E-state index contributed by atoms with van der Waals surface area (Å²) in [7, 11) is 0.0893. The van der Waals surface area contributed by atoms with E-state index in [1.54, 1.807) is 0 Å². The van der Waals surface area contributed by atoms with Crippen LogP contribution in [0.5, 0.6) is 5.75 Å². The molecule has 1 aromatic carbocycles. The topological polar surface area (TPSA) is 38.3 Å². The van der Waals surface area contributed by atoms with Crippen molar-refractivity contribution in [3.63, 3.8) is 0 Å². The van der Waals surface area contributed by atoms with Crippen LogP contribution in [0.15, 0.2) is 12.1 Å². The third-order valence-electron chi connectivity index (χ3n) is 7.98. The number of rotatable bonds is 1. The fourth-order valence-electron chi connectivity index (χ4n) is 7.03. The molecule has 0 radical (unpaired) electrons. The normalized spacial score (nSPS) is 46.2. The second kappa shape index (κ2) is 4.73. The average molecular weight is 510 g/mol. The first kappa shape index (κ1) is 16.0. The maximum atomic E-state index is 11.7. The van der Waals surface area contributed by atoms with Gasteiger partial charge in [-0.25, -0.2) is 0 Å². The smallest absolute Gasteiger partial charge is 0.196 e. The van der Waals surface area contributed by atoms with Crippen molar-refractivity contribution < 1.29 is 30.4 Å². The molecule has 2 heterocycles. The van der Waals surface area contributed by atoms with Crippen molar-refractivity contribution in [3.05, 3.63) is 29.7 Å². The number of ether oxygens (including phenoxy) is 1. The van der Waals surface area contributed by atoms with E-state index in [1.165, 1.54) is 30.4 Å². The van der Waals surface area contributed by atoms with Gasteiger partial charge in [0.2, 0.25) is 0 Å². The van der Waals surface area contributed by atoms with Crippen LogP contribution in [0.4, 0.5) is 0 Å². The summed E-state index contributed by atoms with van der Waals surface area (Å²) < 4.78 is 18.4. The van der Waals surface area contributed by atoms with E-state index in [0.29, 0.717) is 11.5 Å². The Morgan fingerprint density at radius 2 is 2.21 bits per heavy atom. The van der Waals surface area contributed by atoms with Crippen molar-refractivity contribution in [3.8, 4) is 5.75 Å². The summed E-state index contributed by atoms with van der Waals surface area (Å²) in [5.74, 6) is 0.970. The second-order valence-electron chi connectivity index (χ2n) is 8.54. The van der Waals surface area contributed by atoms with Crippen LogP contribution >= 0.6 is 8.46 Å². The van der Waals surface area contributed by atoms with Crippen molar-refractivity contribution in [1.82, 2.24) is 5.32 Å². The summed E-state index contributed by atoms with van der Waals surface area (Å²) in [6.07, 6.45) is 8.79. The molecule has 0 amide bonds. The molecule has 24 heavy (non-hydrogen) atoms. The van der Waals surface area contributed by atoms with Gasteiger partial charge in [-0.15, -0.1) is 5.41 Å². The van der Waals surface area contributed by atoms with Gasteiger partial charge < -0.3 is 16.5 Å². The SMILES string of the molecule is C[C@@]12[CH-]C[C@]3(CC1)[C@H]1Cc4ccc(P=O)c5c4[C@@]3(CCN1)[C@H]2O5.[W]. The monoisotopic (exact) mass is 510 g/mol. The van der Waals surface area contributed by atoms with Gasteiger partial charge in [0.15, 0.2) is 8.46 Å². The fourth-order valence-corrected chi connectivity index (χ4v) is 7.42. The Balaban J connectivity index is 0.00000131. The Bertz CT molecular complexity index is 758. The molecule has 4 bridgehead atoms. The molecule has 1 saturated heterocycles. The summed E-state index contributed by atoms with van der Waals surface area (Å²) in [5.41, 5.74) is 3.50. The third kappa shape index (κ3) is 1.44. The summed E-state index contributed by atoms with van der Waals surface area (Å²) >= 11 is 0. The van der Waals surface area contributed by atoms with E-state index >= 15 is 0 Å². The molecule has 3 saturated carbocycles. The van der Waals surface area contributed by atoms with Gasteiger partial charge in [-0.05, 0) is 42.9 Å². The zero-order chi connectivity index (χ0) is 15.4. The summed E-state index contributed by atoms with van der Waals surface area (Å²) in [6.45, 7) is 3.47. The van der Waals surface area contributed by atoms with Gasteiger partial charge in [0.1, 0.15) is 5.75 Å². The first-order valence-electron chi connectivity index (χ1n) is 8.89. The first-order valence-corrected chi connectivity index (χ1v) is 9.70. The Kier molecular flexibility index (Phi) is 3.15. The second-order valence-corrected chi connectivity index (χ2v) is 9.20. The minimum Gasteiger partial charge on any atom is -0.490 e. The Labute approximate surface area is 158 Å². The predicted octanol–water partition coefficient (Wildman–Crippen LogP) is 2.91. The molecule has 3 nitrogen and oxygen atoms in total. The molecule has 126 valence electrons. The van der Waals surface area contributed by atoms with E-state index in [1.807, 2.05) is 6.07 Å². The number of fused-ring (bicyclic) bond motifs is 2. The molecule has 1 N–H and O–H groups in total. The summed E-state index contributed by atoms with van der Waals surface area (Å²) in [4.78, 5) is 0. The van der Waals surface area contributed by atoms with Crippen molar-refractivity contribution in [1.29, 1.82) is 0 Å². The Morgan fingerprint density at radius 1 is 1.33 bits per heavy atom. The van der Waals surface area contributed by atoms with Crippen LogP contribution in [0.1, 0.15) is 43.7 Å². The van der Waals surface area contributed by atoms with E-state index in [-0.39, 0.29) is 46.5 Å². The number of hydrogen-bond donors (Lipinski definition) is 1. The van der Waals surface area contributed by atoms with Crippen molar-refractivity contribution in [2.45, 2.75) is 56.6 Å². The first-order chi connectivity index (χ1) is 11.1. The molecular weight excluding hydrogens is 489 g/mol. The molecule has 7 rings (SSSR count). The molecule has 0 aromatic heterocycles. The zero-order valence-corrected chi connectivity index (χ0v) is 17.6. The van der Waals surface area contributed by atoms with Crippen LogP contribution in [0, 0.1) is 17.3 Å². The number of benzene rings is 1. The Hall–Kier alpha value is -0.232. The molecule has 4 aliphatic carbocycles. The van der Waals surface area contributed by atoms with E-state index in [2.05, 4.69) is 24.7 Å². The molecule has 0 unspecified atom stereocenters. The molecule has 4 fully saturated rings. The fraction of sp³-hybridized carbons (Fsp3) is 0.632. The third-order valence-corrected chi connectivity index (χ3v) is 8.53. The molecule has 1 aromatic rings. The van der Waals surface area contributed by atoms with Gasteiger partial charge >= 0.3 is 0 Å². The van der Waals surface area contributed by atoms with Crippen LogP contribution in [0.25, 0.3) is 0 Å².